The lowest BCUT2D eigenvalue weighted by Crippen LogP contribution is -2.47. The van der Waals surface area contributed by atoms with Gasteiger partial charge in [0.05, 0.1) is 30.6 Å². The van der Waals surface area contributed by atoms with Gasteiger partial charge in [-0.15, -0.1) is 11.3 Å². The number of aliphatic carboxylic acids is 1. The normalized spacial score (nSPS) is 17.1. The summed E-state index contributed by atoms with van der Waals surface area (Å²) in [5.41, 5.74) is 0.895. The van der Waals surface area contributed by atoms with E-state index in [0.717, 1.165) is 6.07 Å². The second-order valence-corrected chi connectivity index (χ2v) is 8.81. The molecule has 1 unspecified atom stereocenters. The number of thiazole rings is 1. The zero-order chi connectivity index (χ0) is 21.5. The second kappa shape index (κ2) is 10.8. The van der Waals surface area contributed by atoms with Crippen LogP contribution in [0, 0.1) is 11.6 Å². The van der Waals surface area contributed by atoms with E-state index in [1.165, 1.54) is 35.2 Å². The van der Waals surface area contributed by atoms with E-state index in [0.29, 0.717) is 48.4 Å². The molecule has 2 heterocycles. The summed E-state index contributed by atoms with van der Waals surface area (Å²) in [6, 6.07) is 3.55. The molecule has 1 aromatic heterocycles. The predicted octanol–water partition coefficient (Wildman–Crippen LogP) is 2.16. The molecular weight excluding hydrogens is 436 g/mol. The number of thioether (sulfide) groups is 1. The molecule has 0 saturated carbocycles. The van der Waals surface area contributed by atoms with Gasteiger partial charge in [0.2, 0.25) is 5.91 Å². The summed E-state index contributed by atoms with van der Waals surface area (Å²) in [5.74, 6) is -2.14. The number of aromatic nitrogens is 1. The molecule has 1 atom stereocenters. The summed E-state index contributed by atoms with van der Waals surface area (Å²) in [7, 11) is 0. The fraction of sp³-hybridized carbons (Fsp3) is 0.421. The Labute approximate surface area is 180 Å². The van der Waals surface area contributed by atoms with E-state index in [1.807, 2.05) is 4.90 Å². The van der Waals surface area contributed by atoms with Crippen LogP contribution in [-0.2, 0) is 27.3 Å². The molecule has 2 aromatic rings. The first-order valence-corrected chi connectivity index (χ1v) is 11.1. The van der Waals surface area contributed by atoms with E-state index < -0.39 is 17.6 Å². The van der Waals surface area contributed by atoms with Crippen molar-refractivity contribution >= 4 is 35.0 Å². The van der Waals surface area contributed by atoms with Crippen molar-refractivity contribution in [2.24, 2.45) is 0 Å². The van der Waals surface area contributed by atoms with Gasteiger partial charge in [0, 0.05) is 43.2 Å². The standard InChI is InChI=1S/C19H21F2N3O4S2/c20-13-2-1-12(16(21)5-13)8-24-3-4-28-15(9-24)7-22-17(25)11-30-19-23-14(10-29-19)6-18(26)27/h1-2,5,10,15H,3-4,6-9,11H2,(H,22,25)(H,26,27). The first kappa shape index (κ1) is 22.6. The van der Waals surface area contributed by atoms with Crippen LogP contribution in [0.4, 0.5) is 8.78 Å². The molecule has 0 radical (unpaired) electrons. The number of benzene rings is 1. The van der Waals surface area contributed by atoms with Crippen LogP contribution in [0.2, 0.25) is 0 Å². The third kappa shape index (κ3) is 7.01. The highest BCUT2D eigenvalue weighted by Crippen LogP contribution is 2.22. The van der Waals surface area contributed by atoms with Crippen molar-refractivity contribution in [2.75, 3.05) is 32.0 Å². The van der Waals surface area contributed by atoms with Crippen molar-refractivity contribution in [3.05, 3.63) is 46.5 Å². The first-order chi connectivity index (χ1) is 14.4. The first-order valence-electron chi connectivity index (χ1n) is 9.22. The number of morpholine rings is 1. The smallest absolute Gasteiger partial charge is 0.309 e. The molecular formula is C19H21F2N3O4S2. The topological polar surface area (TPSA) is 91.8 Å². The number of carbonyl (C=O) groups is 2. The molecule has 3 rings (SSSR count). The molecule has 30 heavy (non-hydrogen) atoms. The van der Waals surface area contributed by atoms with Crippen LogP contribution in [0.25, 0.3) is 0 Å². The molecule has 1 aromatic carbocycles. The summed E-state index contributed by atoms with van der Waals surface area (Å²) >= 11 is 2.55. The minimum absolute atomic E-state index is 0.138. The Kier molecular flexibility index (Phi) is 8.14. The van der Waals surface area contributed by atoms with Crippen molar-refractivity contribution in [1.82, 2.24) is 15.2 Å². The predicted molar refractivity (Wildman–Crippen MR) is 109 cm³/mol. The van der Waals surface area contributed by atoms with Crippen molar-refractivity contribution in [1.29, 1.82) is 0 Å². The Bertz CT molecular complexity index is 896. The van der Waals surface area contributed by atoms with Crippen LogP contribution in [0.1, 0.15) is 11.3 Å². The van der Waals surface area contributed by atoms with Crippen LogP contribution in [0.15, 0.2) is 27.9 Å². The third-order valence-corrected chi connectivity index (χ3v) is 6.42. The van der Waals surface area contributed by atoms with Gasteiger partial charge < -0.3 is 15.2 Å². The van der Waals surface area contributed by atoms with Gasteiger partial charge in [-0.05, 0) is 6.07 Å². The number of amides is 1. The largest absolute Gasteiger partial charge is 0.481 e. The second-order valence-electron chi connectivity index (χ2n) is 6.73. The van der Waals surface area contributed by atoms with Gasteiger partial charge in [-0.3, -0.25) is 14.5 Å². The SMILES string of the molecule is O=C(O)Cc1csc(SCC(=O)NCC2CN(Cc3ccc(F)cc3F)CCO2)n1. The summed E-state index contributed by atoms with van der Waals surface area (Å²) in [6.45, 7) is 2.28. The Morgan fingerprint density at radius 2 is 2.23 bits per heavy atom. The van der Waals surface area contributed by atoms with Gasteiger partial charge >= 0.3 is 5.97 Å². The molecule has 1 fully saturated rings. The Morgan fingerprint density at radius 1 is 1.40 bits per heavy atom. The number of hydrogen-bond acceptors (Lipinski definition) is 7. The van der Waals surface area contributed by atoms with Crippen LogP contribution in [0.5, 0.6) is 0 Å². The van der Waals surface area contributed by atoms with Gasteiger partial charge in [-0.25, -0.2) is 13.8 Å². The number of rotatable bonds is 9. The van der Waals surface area contributed by atoms with E-state index in [-0.39, 0.29) is 24.2 Å². The van der Waals surface area contributed by atoms with Crippen LogP contribution >= 0.6 is 23.1 Å². The molecule has 1 aliphatic rings. The highest BCUT2D eigenvalue weighted by molar-refractivity contribution is 8.01. The maximum absolute atomic E-state index is 13.9. The molecule has 11 heteroatoms. The number of nitrogens with zero attached hydrogens (tertiary/aromatic N) is 2. The maximum Gasteiger partial charge on any atom is 0.309 e. The van der Waals surface area contributed by atoms with Crippen molar-refractivity contribution in [2.45, 2.75) is 23.4 Å². The number of hydrogen-bond donors (Lipinski definition) is 2. The van der Waals surface area contributed by atoms with Gasteiger partial charge in [0.15, 0.2) is 4.34 Å². The molecule has 1 amide bonds. The van der Waals surface area contributed by atoms with E-state index in [4.69, 9.17) is 9.84 Å². The van der Waals surface area contributed by atoms with E-state index in [2.05, 4.69) is 10.3 Å². The summed E-state index contributed by atoms with van der Waals surface area (Å²) in [5, 5.41) is 13.2. The van der Waals surface area contributed by atoms with E-state index in [1.54, 1.807) is 5.38 Å². The molecule has 0 spiro atoms. The molecule has 7 nitrogen and oxygen atoms in total. The quantitative estimate of drug-likeness (QED) is 0.558. The Balaban J connectivity index is 1.40. The third-order valence-electron chi connectivity index (χ3n) is 4.35. The number of nitrogens with one attached hydrogen (secondary N) is 1. The number of ether oxygens (including phenoxy) is 1. The summed E-state index contributed by atoms with van der Waals surface area (Å²) in [4.78, 5) is 28.9. The Hall–Kier alpha value is -2.08. The van der Waals surface area contributed by atoms with Crippen molar-refractivity contribution in [3.8, 4) is 0 Å². The minimum Gasteiger partial charge on any atom is -0.481 e. The lowest BCUT2D eigenvalue weighted by atomic mass is 10.1. The van der Waals surface area contributed by atoms with Crippen LogP contribution in [0.3, 0.4) is 0 Å². The summed E-state index contributed by atoms with van der Waals surface area (Å²) in [6.07, 6.45) is -0.362. The number of carboxylic acid groups (broad SMARTS) is 1. The zero-order valence-corrected chi connectivity index (χ0v) is 17.6. The molecule has 0 bridgehead atoms. The highest BCUT2D eigenvalue weighted by atomic mass is 32.2. The molecule has 1 saturated heterocycles. The van der Waals surface area contributed by atoms with Crippen molar-refractivity contribution in [3.63, 3.8) is 0 Å². The zero-order valence-electron chi connectivity index (χ0n) is 16.0. The monoisotopic (exact) mass is 457 g/mol. The van der Waals surface area contributed by atoms with Crippen LogP contribution in [-0.4, -0.2) is 65.0 Å². The molecule has 162 valence electrons. The average molecular weight is 458 g/mol. The van der Waals surface area contributed by atoms with Crippen LogP contribution < -0.4 is 5.32 Å². The van der Waals surface area contributed by atoms with E-state index in [9.17, 15) is 18.4 Å². The van der Waals surface area contributed by atoms with Crippen molar-refractivity contribution < 1.29 is 28.2 Å². The Morgan fingerprint density at radius 3 is 3.00 bits per heavy atom. The number of carboxylic acids is 1. The number of halogens is 2. The minimum atomic E-state index is -0.946. The molecule has 1 aliphatic heterocycles. The molecule has 2 N–H and O–H groups in total. The average Bonchev–Trinajstić information content (AvgIpc) is 3.14. The van der Waals surface area contributed by atoms with Gasteiger partial charge in [-0.2, -0.15) is 0 Å². The molecule has 0 aliphatic carbocycles. The number of carbonyl (C=O) groups excluding carboxylic acids is 1. The van der Waals surface area contributed by atoms with E-state index >= 15 is 0 Å². The summed E-state index contributed by atoms with van der Waals surface area (Å²) < 4.78 is 33.2. The highest BCUT2D eigenvalue weighted by Gasteiger charge is 2.22. The lowest BCUT2D eigenvalue weighted by molar-refractivity contribution is -0.136. The fourth-order valence-corrected chi connectivity index (χ4v) is 4.61. The van der Waals surface area contributed by atoms with Gasteiger partial charge in [-0.1, -0.05) is 17.8 Å². The lowest BCUT2D eigenvalue weighted by Gasteiger charge is -2.33. The van der Waals surface area contributed by atoms with Gasteiger partial charge in [0.25, 0.3) is 0 Å². The van der Waals surface area contributed by atoms with Gasteiger partial charge in [0.1, 0.15) is 11.6 Å². The maximum atomic E-state index is 13.9. The fourth-order valence-electron chi connectivity index (χ4n) is 2.94.